The van der Waals surface area contributed by atoms with Crippen LogP contribution in [0.25, 0.3) is 33.0 Å². The van der Waals surface area contributed by atoms with Crippen molar-refractivity contribution in [2.24, 2.45) is 0 Å². The van der Waals surface area contributed by atoms with Crippen molar-refractivity contribution in [3.8, 4) is 39.5 Å². The number of hydrogen-bond donors (Lipinski definition) is 2. The standard InChI is InChI=1S/C30H28ClNO3/c31-30-25-10-8-22(34)18-26(25)28(27-17-20-15-21(33)7-9-24(20)29(27)30)19-5-3-6-23(16-19)35-14-4-13-32-11-1-2-12-32/h3,5-10,15-16,18,33-34H,1-2,4,11-14,17H2. The minimum atomic E-state index is 0.206. The molecule has 1 fully saturated rings. The van der Waals surface area contributed by atoms with E-state index < -0.39 is 0 Å². The fourth-order valence-corrected chi connectivity index (χ4v) is 6.04. The normalized spacial score (nSPS) is 14.9. The Labute approximate surface area is 210 Å². The highest BCUT2D eigenvalue weighted by atomic mass is 35.5. The van der Waals surface area contributed by atoms with Gasteiger partial charge in [0, 0.05) is 17.5 Å². The van der Waals surface area contributed by atoms with E-state index in [1.54, 1.807) is 18.2 Å². The summed E-state index contributed by atoms with van der Waals surface area (Å²) in [6, 6.07) is 19.0. The molecule has 0 bridgehead atoms. The summed E-state index contributed by atoms with van der Waals surface area (Å²) in [5, 5.41) is 22.9. The van der Waals surface area contributed by atoms with Crippen LogP contribution >= 0.6 is 11.6 Å². The summed E-state index contributed by atoms with van der Waals surface area (Å²) in [6.45, 7) is 4.18. The SMILES string of the molecule is Oc1ccc2c(c1)Cc1c-2c(Cl)c2ccc(O)cc2c1-c1cccc(OCCCN2CCCC2)c1. The van der Waals surface area contributed by atoms with Gasteiger partial charge in [-0.2, -0.15) is 0 Å². The Bertz CT molecular complexity index is 1430. The van der Waals surface area contributed by atoms with Crippen molar-refractivity contribution in [2.45, 2.75) is 25.7 Å². The van der Waals surface area contributed by atoms with Gasteiger partial charge in [0.2, 0.25) is 0 Å². The smallest absolute Gasteiger partial charge is 0.119 e. The largest absolute Gasteiger partial charge is 0.508 e. The summed E-state index contributed by atoms with van der Waals surface area (Å²) in [6.07, 6.45) is 4.29. The highest BCUT2D eigenvalue weighted by molar-refractivity contribution is 6.39. The molecule has 2 N–H and O–H groups in total. The van der Waals surface area contributed by atoms with E-state index in [2.05, 4.69) is 17.0 Å². The Morgan fingerprint density at radius 3 is 2.51 bits per heavy atom. The van der Waals surface area contributed by atoms with Gasteiger partial charge in [-0.1, -0.05) is 29.8 Å². The first kappa shape index (κ1) is 22.3. The fraction of sp³-hybridized carbons (Fsp3) is 0.267. The molecule has 4 aromatic rings. The highest BCUT2D eigenvalue weighted by Gasteiger charge is 2.28. The van der Waals surface area contributed by atoms with Crippen molar-refractivity contribution in [3.05, 3.63) is 76.8 Å². The zero-order valence-electron chi connectivity index (χ0n) is 19.6. The van der Waals surface area contributed by atoms with Gasteiger partial charge < -0.3 is 19.8 Å². The Hall–Kier alpha value is -3.21. The number of phenolic OH excluding ortho intramolecular Hbond substituents is 2. The van der Waals surface area contributed by atoms with Crippen LogP contribution in [0, 0.1) is 0 Å². The quantitative estimate of drug-likeness (QED) is 0.254. The first-order valence-corrected chi connectivity index (χ1v) is 12.7. The second-order valence-corrected chi connectivity index (χ2v) is 9.95. The molecule has 1 saturated heterocycles. The minimum absolute atomic E-state index is 0.206. The van der Waals surface area contributed by atoms with E-state index in [0.717, 1.165) is 62.9 Å². The number of phenols is 2. The summed E-state index contributed by atoms with van der Waals surface area (Å²) >= 11 is 6.96. The molecule has 178 valence electrons. The maximum absolute atomic E-state index is 10.3. The second kappa shape index (κ2) is 9.10. The van der Waals surface area contributed by atoms with Crippen molar-refractivity contribution in [1.29, 1.82) is 0 Å². The first-order valence-electron chi connectivity index (χ1n) is 12.3. The number of fused-ring (bicyclic) bond motifs is 4. The number of benzene rings is 4. The van der Waals surface area contributed by atoms with Crippen molar-refractivity contribution >= 4 is 22.4 Å². The Balaban J connectivity index is 1.40. The zero-order chi connectivity index (χ0) is 23.9. The summed E-state index contributed by atoms with van der Waals surface area (Å²) in [4.78, 5) is 2.50. The molecule has 0 saturated carbocycles. The van der Waals surface area contributed by atoms with Gasteiger partial charge in [0.1, 0.15) is 17.2 Å². The predicted molar refractivity (Wildman–Crippen MR) is 142 cm³/mol. The third-order valence-electron chi connectivity index (χ3n) is 7.27. The molecule has 5 heteroatoms. The third-order valence-corrected chi connectivity index (χ3v) is 7.66. The molecule has 4 nitrogen and oxygen atoms in total. The van der Waals surface area contributed by atoms with Gasteiger partial charge in [-0.05, 0) is 114 Å². The van der Waals surface area contributed by atoms with Gasteiger partial charge in [-0.3, -0.25) is 0 Å². The lowest BCUT2D eigenvalue weighted by molar-refractivity contribution is 0.263. The number of nitrogens with zero attached hydrogens (tertiary/aromatic N) is 1. The fourth-order valence-electron chi connectivity index (χ4n) is 5.66. The van der Waals surface area contributed by atoms with Crippen LogP contribution < -0.4 is 4.74 Å². The number of aromatic hydroxyl groups is 2. The summed E-state index contributed by atoms with van der Waals surface area (Å²) in [5.74, 6) is 1.30. The lowest BCUT2D eigenvalue weighted by atomic mass is 9.89. The highest BCUT2D eigenvalue weighted by Crippen LogP contribution is 2.51. The molecule has 0 atom stereocenters. The van der Waals surface area contributed by atoms with Crippen molar-refractivity contribution in [1.82, 2.24) is 4.90 Å². The van der Waals surface area contributed by atoms with E-state index in [9.17, 15) is 10.2 Å². The zero-order valence-corrected chi connectivity index (χ0v) is 20.3. The van der Waals surface area contributed by atoms with E-state index in [-0.39, 0.29) is 11.5 Å². The van der Waals surface area contributed by atoms with E-state index in [0.29, 0.717) is 18.1 Å². The summed E-state index contributed by atoms with van der Waals surface area (Å²) in [7, 11) is 0. The van der Waals surface area contributed by atoms with Crippen LogP contribution in [-0.4, -0.2) is 41.4 Å². The molecule has 1 aliphatic carbocycles. The number of ether oxygens (including phenoxy) is 1. The average Bonchev–Trinajstić information content (AvgIpc) is 3.50. The van der Waals surface area contributed by atoms with E-state index in [4.69, 9.17) is 16.3 Å². The van der Waals surface area contributed by atoms with Crippen LogP contribution in [0.4, 0.5) is 0 Å². The topological polar surface area (TPSA) is 52.9 Å². The van der Waals surface area contributed by atoms with Crippen LogP contribution in [0.3, 0.4) is 0 Å². The lowest BCUT2D eigenvalue weighted by Gasteiger charge is -2.18. The molecular formula is C30H28ClNO3. The van der Waals surface area contributed by atoms with Gasteiger partial charge in [0.25, 0.3) is 0 Å². The van der Waals surface area contributed by atoms with Crippen LogP contribution in [0.5, 0.6) is 17.2 Å². The number of rotatable bonds is 6. The molecule has 2 aliphatic rings. The van der Waals surface area contributed by atoms with Crippen molar-refractivity contribution in [2.75, 3.05) is 26.2 Å². The van der Waals surface area contributed by atoms with Gasteiger partial charge in [0.05, 0.1) is 11.6 Å². The number of hydrogen-bond acceptors (Lipinski definition) is 4. The minimum Gasteiger partial charge on any atom is -0.508 e. The maximum atomic E-state index is 10.3. The van der Waals surface area contributed by atoms with Crippen LogP contribution in [0.1, 0.15) is 30.4 Å². The van der Waals surface area contributed by atoms with Gasteiger partial charge >= 0.3 is 0 Å². The molecule has 4 aromatic carbocycles. The van der Waals surface area contributed by atoms with Gasteiger partial charge in [0.15, 0.2) is 0 Å². The van der Waals surface area contributed by atoms with Crippen molar-refractivity contribution in [3.63, 3.8) is 0 Å². The first-order chi connectivity index (χ1) is 17.1. The van der Waals surface area contributed by atoms with Crippen LogP contribution in [0.2, 0.25) is 5.02 Å². The summed E-state index contributed by atoms with van der Waals surface area (Å²) < 4.78 is 6.15. The van der Waals surface area contributed by atoms with Gasteiger partial charge in [-0.25, -0.2) is 0 Å². The monoisotopic (exact) mass is 485 g/mol. The number of halogens is 1. The lowest BCUT2D eigenvalue weighted by Crippen LogP contribution is -2.21. The molecule has 1 aliphatic heterocycles. The molecule has 1 heterocycles. The maximum Gasteiger partial charge on any atom is 0.119 e. The van der Waals surface area contributed by atoms with Crippen LogP contribution in [-0.2, 0) is 6.42 Å². The molecule has 6 rings (SSSR count). The van der Waals surface area contributed by atoms with Gasteiger partial charge in [-0.15, -0.1) is 0 Å². The Kier molecular flexibility index (Phi) is 5.79. The average molecular weight is 486 g/mol. The molecular weight excluding hydrogens is 458 g/mol. The third kappa shape index (κ3) is 4.11. The molecule has 0 aromatic heterocycles. The molecule has 0 unspecified atom stereocenters. The molecule has 0 radical (unpaired) electrons. The van der Waals surface area contributed by atoms with E-state index in [1.165, 1.54) is 25.9 Å². The van der Waals surface area contributed by atoms with E-state index >= 15 is 0 Å². The Morgan fingerprint density at radius 1 is 0.857 bits per heavy atom. The summed E-state index contributed by atoms with van der Waals surface area (Å²) in [5.41, 5.74) is 6.30. The number of likely N-dealkylation sites (tertiary alicyclic amines) is 1. The predicted octanol–water partition coefficient (Wildman–Crippen LogP) is 7.01. The van der Waals surface area contributed by atoms with Crippen molar-refractivity contribution < 1.29 is 14.9 Å². The molecule has 35 heavy (non-hydrogen) atoms. The molecule has 0 spiro atoms. The van der Waals surface area contributed by atoms with Crippen LogP contribution in [0.15, 0.2) is 60.7 Å². The molecule has 0 amide bonds. The second-order valence-electron chi connectivity index (χ2n) is 9.57. The Morgan fingerprint density at radius 2 is 1.66 bits per heavy atom. The van der Waals surface area contributed by atoms with E-state index in [1.807, 2.05) is 30.3 Å².